The van der Waals surface area contributed by atoms with Gasteiger partial charge in [0, 0.05) is 163 Å². The summed E-state index contributed by atoms with van der Waals surface area (Å²) >= 11 is 4.49. The fourth-order valence-corrected chi connectivity index (χ4v) is 15.0. The van der Waals surface area contributed by atoms with E-state index in [0.29, 0.717) is 92.3 Å². The van der Waals surface area contributed by atoms with Gasteiger partial charge in [-0.15, -0.1) is 34.0 Å². The normalized spacial score (nSPS) is 10.4. The van der Waals surface area contributed by atoms with Crippen molar-refractivity contribution in [3.8, 4) is 46.0 Å². The molecule has 0 aliphatic rings. The monoisotopic (exact) mass is 1890 g/mol. The van der Waals surface area contributed by atoms with Gasteiger partial charge in [-0.3, -0.25) is 83.6 Å². The maximum Gasteiger partial charge on any atom is 0.188 e. The summed E-state index contributed by atoms with van der Waals surface area (Å²) in [5.41, 5.74) is 14.2. The Morgan fingerprint density at radius 2 is 0.667 bits per heavy atom. The Balaban J connectivity index is 0.000000140. The predicted octanol–water partition coefficient (Wildman–Crippen LogP) is 19.6. The van der Waals surface area contributed by atoms with E-state index in [0.717, 1.165) is 89.4 Å². The van der Waals surface area contributed by atoms with Gasteiger partial charge < -0.3 is 28.7 Å². The average Bonchev–Trinajstić information content (AvgIpc) is 1.85. The molecule has 0 saturated heterocycles. The van der Waals surface area contributed by atoms with Gasteiger partial charge in [0.05, 0.1) is 105 Å². The molecule has 0 bridgehead atoms. The summed E-state index contributed by atoms with van der Waals surface area (Å²) in [6.45, 7) is 11.7. The average molecular weight is 1890 g/mol. The number of nitrogens with zero attached hydrogens (tertiary/aromatic N) is 22. The highest BCUT2D eigenvalue weighted by molar-refractivity contribution is 7.10. The van der Waals surface area contributed by atoms with Gasteiger partial charge in [0.15, 0.2) is 46.2 Å². The molecule has 35 heteroatoms. The van der Waals surface area contributed by atoms with Crippen LogP contribution in [-0.4, -0.2) is 148 Å². The van der Waals surface area contributed by atoms with Crippen LogP contribution in [0.15, 0.2) is 317 Å². The quantitative estimate of drug-likeness (QED) is 0.0364. The van der Waals surface area contributed by atoms with Gasteiger partial charge in [-0.2, -0.15) is 0 Å². The Morgan fingerprint density at radius 3 is 1.08 bits per heavy atom. The highest BCUT2D eigenvalue weighted by Crippen LogP contribution is 2.30. The third-order valence-electron chi connectivity index (χ3n) is 19.4. The minimum atomic E-state index is -0.115. The minimum Gasteiger partial charge on any atom is -0.456 e. The number of pyridine rings is 11. The van der Waals surface area contributed by atoms with Gasteiger partial charge in [0.25, 0.3) is 0 Å². The number of Topliss-reactive ketones (excluding diaryl/α,β-unsaturated/α-hetero) is 6. The van der Waals surface area contributed by atoms with E-state index in [1.165, 1.54) is 59.2 Å². The van der Waals surface area contributed by atoms with Crippen LogP contribution < -0.4 is 28.7 Å². The topological polar surface area (TPSA) is 404 Å². The summed E-state index contributed by atoms with van der Waals surface area (Å²) in [7, 11) is 3.83. The third-order valence-corrected chi connectivity index (χ3v) is 22.3. The van der Waals surface area contributed by atoms with Crippen LogP contribution in [0, 0.1) is 34.6 Å². The van der Waals surface area contributed by atoms with Crippen molar-refractivity contribution in [2.45, 2.75) is 86.5 Å². The molecule has 18 aromatic rings. The van der Waals surface area contributed by atoms with Crippen molar-refractivity contribution in [3.05, 3.63) is 417 Å². The molecule has 0 aliphatic heterocycles. The lowest BCUT2D eigenvalue weighted by molar-refractivity contribution is 0.0979. The molecule has 0 fully saturated rings. The van der Waals surface area contributed by atoms with Gasteiger partial charge in [0.1, 0.15) is 103 Å². The number of ketones is 6. The van der Waals surface area contributed by atoms with Gasteiger partial charge in [-0.05, 0) is 155 Å². The van der Waals surface area contributed by atoms with E-state index in [-0.39, 0.29) is 66.8 Å². The van der Waals surface area contributed by atoms with Gasteiger partial charge >= 0.3 is 0 Å². The zero-order chi connectivity index (χ0) is 96.8. The standard InChI is InChI=1S/C19H16N2O2.C18H15N3O2.C17H14N4O2.C17H16N4OS.C16H15N5OS.C16H14N4O2S/c1-14-4-2-5-15(10-14)11-19(22)18-12-16(7-9-21-18)23-17-6-3-8-20-13-17;1-13-4-2-5-14(21-13)10-18(22)17-11-15(7-9-20-17)23-16-6-3-8-19-12-16;1-12-2-3-13(21-8-12)6-17(22)16-7-14(4-5-20-16)23-15-9-18-11-19-10-15;1-12-11-23-17(20-12)9-16(22)15-8-13(5-7-19-15)21(2)14-4-3-6-18-10-14;1-11-9-23-16(20-11)6-15(22)14-5-12(3-4-19-14)21(2)13-7-17-10-18-8-13;1-2-11-9-23-16(20-11)6-15(21)14-5-12(3-4-19-14)22-13-7-17-10-18-8-13/h2-10,12-13H,11H2,1H3;2-9,11-12H,10H2,1H3;2-5,7-11H,6H2,1H3;3-8,10-11H,9H2,1-2H3;3-5,7-10H,6H2,1-2H3;3-5,7-10H,2,6H2,1H3. The molecule has 1 aromatic carbocycles. The van der Waals surface area contributed by atoms with E-state index in [4.69, 9.17) is 18.9 Å². The Hall–Kier alpha value is -17.2. The lowest BCUT2D eigenvalue weighted by Crippen LogP contribution is -2.12. The molecule has 0 N–H and O–H groups in total. The van der Waals surface area contributed by atoms with Crippen LogP contribution in [0.5, 0.6) is 46.0 Å². The number of aryl methyl sites for hydroxylation is 6. The Morgan fingerprint density at radius 1 is 0.275 bits per heavy atom. The van der Waals surface area contributed by atoms with E-state index < -0.39 is 0 Å². The van der Waals surface area contributed by atoms with Crippen LogP contribution in [-0.2, 0) is 44.9 Å². The van der Waals surface area contributed by atoms with Crippen molar-refractivity contribution in [2.75, 3.05) is 23.9 Å². The maximum absolute atomic E-state index is 12.4. The fourth-order valence-electron chi connectivity index (χ4n) is 12.6. The van der Waals surface area contributed by atoms with Crippen molar-refractivity contribution >= 4 is 91.5 Å². The summed E-state index contributed by atoms with van der Waals surface area (Å²) < 4.78 is 22.6. The first-order valence-corrected chi connectivity index (χ1v) is 45.5. The number of hydrogen-bond acceptors (Lipinski definition) is 35. The molecule has 0 aliphatic carbocycles. The summed E-state index contributed by atoms with van der Waals surface area (Å²) in [4.78, 5) is 160. The lowest BCUT2D eigenvalue weighted by Gasteiger charge is -2.19. The number of benzene rings is 1. The SMILES string of the molecule is CCc1csc(CC(=O)c2cc(Oc3cncnc3)ccn2)n1.Cc1ccc(CC(=O)c2cc(Oc3cncnc3)ccn2)nc1.Cc1cccc(CC(=O)c2cc(Oc3cccnc3)ccn2)c1.Cc1cccc(CC(=O)c2cc(Oc3cccnc3)ccn2)n1.Cc1csc(CC(=O)c2cc(N(C)c3cccnc3)ccn2)n1.Cc1csc(CC(=O)c2cc(N(C)c3cncnc3)ccn2)n1. The van der Waals surface area contributed by atoms with Crippen molar-refractivity contribution < 1.29 is 47.7 Å². The molecule has 0 amide bonds. The van der Waals surface area contributed by atoms with Crippen molar-refractivity contribution in [3.63, 3.8) is 0 Å². The van der Waals surface area contributed by atoms with Crippen molar-refractivity contribution in [1.29, 1.82) is 0 Å². The smallest absolute Gasteiger partial charge is 0.188 e. The number of aromatic nitrogens is 20. The molecule has 138 heavy (non-hydrogen) atoms. The van der Waals surface area contributed by atoms with Crippen LogP contribution in [0.25, 0.3) is 0 Å². The van der Waals surface area contributed by atoms with Crippen molar-refractivity contribution in [2.24, 2.45) is 0 Å². The molecule has 17 aromatic heterocycles. The first-order valence-electron chi connectivity index (χ1n) is 42.9. The molecule has 0 radical (unpaired) electrons. The largest absolute Gasteiger partial charge is 0.456 e. The maximum atomic E-state index is 12.4. The number of rotatable bonds is 31. The molecule has 0 unspecified atom stereocenters. The lowest BCUT2D eigenvalue weighted by atomic mass is 10.0. The third kappa shape index (κ3) is 31.2. The van der Waals surface area contributed by atoms with Crippen LogP contribution in [0.1, 0.15) is 136 Å². The Labute approximate surface area is 806 Å². The number of carbonyl (C=O) groups excluding carboxylic acids is 6. The van der Waals surface area contributed by atoms with Crippen LogP contribution in [0.2, 0.25) is 0 Å². The highest BCUT2D eigenvalue weighted by Gasteiger charge is 2.20. The van der Waals surface area contributed by atoms with E-state index in [9.17, 15) is 28.8 Å². The number of anilines is 4. The van der Waals surface area contributed by atoms with E-state index in [2.05, 4.69) is 99.7 Å². The molecular formula is C103H90N22O10S3. The Kier molecular flexibility index (Phi) is 36.1. The van der Waals surface area contributed by atoms with Crippen molar-refractivity contribution in [1.82, 2.24) is 99.7 Å². The molecule has 18 rings (SSSR count). The number of thiazole rings is 3. The number of ether oxygens (including phenoxy) is 4. The molecule has 0 spiro atoms. The first-order chi connectivity index (χ1) is 67.1. The molecule has 690 valence electrons. The second kappa shape index (κ2) is 50.6. The van der Waals surface area contributed by atoms with Gasteiger partial charge in [0.2, 0.25) is 0 Å². The number of hydrogen-bond donors (Lipinski definition) is 0. The van der Waals surface area contributed by atoms with Gasteiger partial charge in [-0.25, -0.2) is 44.9 Å². The van der Waals surface area contributed by atoms with E-state index in [1.807, 2.05) is 167 Å². The van der Waals surface area contributed by atoms with E-state index in [1.54, 1.807) is 190 Å². The zero-order valence-electron chi connectivity index (χ0n) is 76.1. The summed E-state index contributed by atoms with van der Waals surface area (Å²) in [5, 5.41) is 8.30. The van der Waals surface area contributed by atoms with Crippen LogP contribution >= 0.6 is 34.0 Å². The van der Waals surface area contributed by atoms with Crippen LogP contribution in [0.4, 0.5) is 22.7 Å². The summed E-state index contributed by atoms with van der Waals surface area (Å²) in [5.74, 6) is 3.98. The molecule has 0 saturated carbocycles. The predicted molar refractivity (Wildman–Crippen MR) is 523 cm³/mol. The molecular weight excluding hydrogens is 1800 g/mol. The zero-order valence-corrected chi connectivity index (χ0v) is 78.6. The second-order valence-electron chi connectivity index (χ2n) is 30.2. The first kappa shape index (κ1) is 98.3. The molecule has 32 nitrogen and oxygen atoms in total. The Bertz CT molecular complexity index is 6770. The number of carbonyl (C=O) groups is 6. The van der Waals surface area contributed by atoms with E-state index >= 15 is 0 Å². The minimum absolute atomic E-state index is 0.0270. The summed E-state index contributed by atoms with van der Waals surface area (Å²) in [6.07, 6.45) is 37.7. The molecule has 0 atom stereocenters. The summed E-state index contributed by atoms with van der Waals surface area (Å²) in [6, 6.07) is 48.9. The molecule has 17 heterocycles. The van der Waals surface area contributed by atoms with Crippen LogP contribution in [0.3, 0.4) is 0 Å². The van der Waals surface area contributed by atoms with Gasteiger partial charge in [-0.1, -0.05) is 48.9 Å². The highest BCUT2D eigenvalue weighted by atomic mass is 32.1. The fraction of sp³-hybridized carbons (Fsp3) is 0.146. The second-order valence-corrected chi connectivity index (χ2v) is 33.0.